The molecule has 1 atom stereocenters. The zero-order valence-electron chi connectivity index (χ0n) is 14.1. The summed E-state index contributed by atoms with van der Waals surface area (Å²) in [7, 11) is 0. The SMILES string of the molecule is Cc1cccc(OCCCC(=O)NC(C)c2ccccc2)c1C. The van der Waals surface area contributed by atoms with Crippen molar-refractivity contribution in [1.29, 1.82) is 0 Å². The number of carbonyl (C=O) groups excluding carboxylic acids is 1. The fourth-order valence-corrected chi connectivity index (χ4v) is 2.43. The quantitative estimate of drug-likeness (QED) is 0.772. The van der Waals surface area contributed by atoms with Crippen LogP contribution in [-0.4, -0.2) is 12.5 Å². The third-order valence-corrected chi connectivity index (χ3v) is 4.04. The van der Waals surface area contributed by atoms with Gasteiger partial charge in [-0.05, 0) is 49.9 Å². The van der Waals surface area contributed by atoms with Gasteiger partial charge in [0.15, 0.2) is 0 Å². The minimum absolute atomic E-state index is 0.0311. The molecule has 0 heterocycles. The van der Waals surface area contributed by atoms with Crippen molar-refractivity contribution < 1.29 is 9.53 Å². The molecule has 0 bridgehead atoms. The summed E-state index contributed by atoms with van der Waals surface area (Å²) in [4.78, 5) is 12.0. The van der Waals surface area contributed by atoms with E-state index in [1.165, 1.54) is 5.56 Å². The summed E-state index contributed by atoms with van der Waals surface area (Å²) in [6, 6.07) is 16.0. The van der Waals surface area contributed by atoms with E-state index in [0.29, 0.717) is 19.4 Å². The van der Waals surface area contributed by atoms with Gasteiger partial charge in [-0.2, -0.15) is 0 Å². The number of nitrogens with one attached hydrogen (secondary N) is 1. The lowest BCUT2D eigenvalue weighted by molar-refractivity contribution is -0.121. The molecule has 1 unspecified atom stereocenters. The topological polar surface area (TPSA) is 38.3 Å². The molecule has 2 aromatic rings. The van der Waals surface area contributed by atoms with Crippen molar-refractivity contribution in [2.75, 3.05) is 6.61 Å². The highest BCUT2D eigenvalue weighted by molar-refractivity contribution is 5.76. The van der Waals surface area contributed by atoms with Crippen molar-refractivity contribution in [2.45, 2.75) is 39.7 Å². The fourth-order valence-electron chi connectivity index (χ4n) is 2.43. The molecular formula is C20H25NO2. The van der Waals surface area contributed by atoms with Crippen LogP contribution in [0.3, 0.4) is 0 Å². The molecule has 0 radical (unpaired) electrons. The highest BCUT2D eigenvalue weighted by Gasteiger charge is 2.09. The monoisotopic (exact) mass is 311 g/mol. The molecule has 0 saturated carbocycles. The first-order chi connectivity index (χ1) is 11.1. The average Bonchev–Trinajstić information content (AvgIpc) is 2.56. The summed E-state index contributed by atoms with van der Waals surface area (Å²) >= 11 is 0. The summed E-state index contributed by atoms with van der Waals surface area (Å²) in [6.07, 6.45) is 1.18. The third-order valence-electron chi connectivity index (χ3n) is 4.04. The minimum Gasteiger partial charge on any atom is -0.493 e. The first-order valence-electron chi connectivity index (χ1n) is 8.11. The van der Waals surface area contributed by atoms with Crippen molar-refractivity contribution in [1.82, 2.24) is 5.32 Å². The Kier molecular flexibility index (Phi) is 6.21. The van der Waals surface area contributed by atoms with Gasteiger partial charge in [0.05, 0.1) is 12.6 Å². The Morgan fingerprint density at radius 1 is 1.09 bits per heavy atom. The van der Waals surface area contributed by atoms with E-state index in [-0.39, 0.29) is 11.9 Å². The molecule has 2 rings (SSSR count). The number of aryl methyl sites for hydroxylation is 1. The third kappa shape index (κ3) is 5.13. The number of hydrogen-bond acceptors (Lipinski definition) is 2. The zero-order chi connectivity index (χ0) is 16.7. The molecular weight excluding hydrogens is 286 g/mol. The molecule has 3 nitrogen and oxygen atoms in total. The molecule has 0 saturated heterocycles. The van der Waals surface area contributed by atoms with Crippen molar-refractivity contribution >= 4 is 5.91 Å². The highest BCUT2D eigenvalue weighted by Crippen LogP contribution is 2.20. The van der Waals surface area contributed by atoms with Crippen molar-refractivity contribution in [3.63, 3.8) is 0 Å². The lowest BCUT2D eigenvalue weighted by Gasteiger charge is -2.14. The van der Waals surface area contributed by atoms with Gasteiger partial charge in [-0.25, -0.2) is 0 Å². The fraction of sp³-hybridized carbons (Fsp3) is 0.350. The van der Waals surface area contributed by atoms with Crippen LogP contribution in [0.25, 0.3) is 0 Å². The zero-order valence-corrected chi connectivity index (χ0v) is 14.1. The number of hydrogen-bond donors (Lipinski definition) is 1. The van der Waals surface area contributed by atoms with Crippen LogP contribution in [0, 0.1) is 13.8 Å². The molecule has 0 aliphatic rings. The Balaban J connectivity index is 1.72. The molecule has 1 amide bonds. The first-order valence-corrected chi connectivity index (χ1v) is 8.11. The van der Waals surface area contributed by atoms with Gasteiger partial charge < -0.3 is 10.1 Å². The second-order valence-electron chi connectivity index (χ2n) is 5.85. The van der Waals surface area contributed by atoms with Gasteiger partial charge >= 0.3 is 0 Å². The summed E-state index contributed by atoms with van der Waals surface area (Å²) < 4.78 is 5.78. The van der Waals surface area contributed by atoms with Crippen LogP contribution in [0.1, 0.15) is 42.5 Å². The predicted molar refractivity (Wildman–Crippen MR) is 93.6 cm³/mol. The largest absolute Gasteiger partial charge is 0.493 e. The van der Waals surface area contributed by atoms with E-state index in [9.17, 15) is 4.79 Å². The van der Waals surface area contributed by atoms with Crippen LogP contribution in [0.2, 0.25) is 0 Å². The Labute approximate surface area is 138 Å². The maximum atomic E-state index is 12.0. The van der Waals surface area contributed by atoms with E-state index >= 15 is 0 Å². The van der Waals surface area contributed by atoms with Crippen LogP contribution in [0.15, 0.2) is 48.5 Å². The van der Waals surface area contributed by atoms with Gasteiger partial charge in [-0.3, -0.25) is 4.79 Å². The Hall–Kier alpha value is -2.29. The van der Waals surface area contributed by atoms with E-state index in [2.05, 4.69) is 25.2 Å². The molecule has 0 fully saturated rings. The van der Waals surface area contributed by atoms with Crippen molar-refractivity contribution in [3.8, 4) is 5.75 Å². The van der Waals surface area contributed by atoms with Crippen LogP contribution in [0.4, 0.5) is 0 Å². The van der Waals surface area contributed by atoms with E-state index in [1.54, 1.807) is 0 Å². The normalized spacial score (nSPS) is 11.8. The van der Waals surface area contributed by atoms with E-state index < -0.39 is 0 Å². The smallest absolute Gasteiger partial charge is 0.220 e. The summed E-state index contributed by atoms with van der Waals surface area (Å²) in [6.45, 7) is 6.68. The second kappa shape index (κ2) is 8.37. The lowest BCUT2D eigenvalue weighted by atomic mass is 10.1. The summed E-state index contributed by atoms with van der Waals surface area (Å²) in [5, 5.41) is 3.02. The van der Waals surface area contributed by atoms with Gasteiger partial charge in [-0.1, -0.05) is 42.5 Å². The van der Waals surface area contributed by atoms with Crippen LogP contribution < -0.4 is 10.1 Å². The van der Waals surface area contributed by atoms with E-state index in [4.69, 9.17) is 4.74 Å². The van der Waals surface area contributed by atoms with Crippen LogP contribution >= 0.6 is 0 Å². The van der Waals surface area contributed by atoms with Gasteiger partial charge in [0.1, 0.15) is 5.75 Å². The number of ether oxygens (including phenoxy) is 1. The average molecular weight is 311 g/mol. The molecule has 0 aliphatic heterocycles. The Morgan fingerprint density at radius 2 is 1.83 bits per heavy atom. The molecule has 23 heavy (non-hydrogen) atoms. The van der Waals surface area contributed by atoms with Crippen LogP contribution in [-0.2, 0) is 4.79 Å². The van der Waals surface area contributed by atoms with Gasteiger partial charge in [0.2, 0.25) is 5.91 Å². The van der Waals surface area contributed by atoms with E-state index in [1.807, 2.05) is 49.4 Å². The molecule has 1 N–H and O–H groups in total. The minimum atomic E-state index is 0.0311. The van der Waals surface area contributed by atoms with Gasteiger partial charge in [0.25, 0.3) is 0 Å². The number of rotatable bonds is 7. The number of carbonyl (C=O) groups is 1. The molecule has 0 aromatic heterocycles. The Morgan fingerprint density at radius 3 is 2.57 bits per heavy atom. The lowest BCUT2D eigenvalue weighted by Crippen LogP contribution is -2.26. The molecule has 122 valence electrons. The van der Waals surface area contributed by atoms with Gasteiger partial charge in [-0.15, -0.1) is 0 Å². The highest BCUT2D eigenvalue weighted by atomic mass is 16.5. The number of amides is 1. The van der Waals surface area contributed by atoms with Crippen molar-refractivity contribution in [2.24, 2.45) is 0 Å². The second-order valence-corrected chi connectivity index (χ2v) is 5.85. The number of benzene rings is 2. The van der Waals surface area contributed by atoms with Crippen molar-refractivity contribution in [3.05, 3.63) is 65.2 Å². The van der Waals surface area contributed by atoms with Gasteiger partial charge in [0, 0.05) is 6.42 Å². The summed E-state index contributed by atoms with van der Waals surface area (Å²) in [5.41, 5.74) is 3.50. The Bertz CT molecular complexity index is 637. The molecule has 0 aliphatic carbocycles. The maximum absolute atomic E-state index is 12.0. The first kappa shape index (κ1) is 17.1. The summed E-state index contributed by atoms with van der Waals surface area (Å²) in [5.74, 6) is 0.967. The van der Waals surface area contributed by atoms with E-state index in [0.717, 1.165) is 16.9 Å². The predicted octanol–water partition coefficient (Wildman–Crippen LogP) is 4.34. The molecule has 2 aromatic carbocycles. The molecule has 3 heteroatoms. The molecule has 0 spiro atoms. The maximum Gasteiger partial charge on any atom is 0.220 e. The van der Waals surface area contributed by atoms with Crippen LogP contribution in [0.5, 0.6) is 5.75 Å². The standard InChI is InChI=1S/C20H25NO2/c1-15-9-7-12-19(16(15)2)23-14-8-13-20(22)21-17(3)18-10-5-4-6-11-18/h4-7,9-12,17H,8,13-14H2,1-3H3,(H,21,22).